The summed E-state index contributed by atoms with van der Waals surface area (Å²) < 4.78 is 11.2. The normalized spacial score (nSPS) is 20.7. The van der Waals surface area contributed by atoms with Crippen LogP contribution in [-0.2, 0) is 14.3 Å². The zero-order chi connectivity index (χ0) is 48.7. The van der Waals surface area contributed by atoms with E-state index < -0.39 is 49.5 Å². The van der Waals surface area contributed by atoms with Crippen molar-refractivity contribution in [2.75, 3.05) is 13.2 Å². The van der Waals surface area contributed by atoms with E-state index in [1.165, 1.54) is 51.4 Å². The summed E-state index contributed by atoms with van der Waals surface area (Å²) >= 11 is 0. The van der Waals surface area contributed by atoms with Crippen molar-refractivity contribution in [1.29, 1.82) is 0 Å². The highest BCUT2D eigenvalue weighted by Gasteiger charge is 2.44. The number of aliphatic hydroxyl groups is 5. The third-order valence-corrected chi connectivity index (χ3v) is 11.5. The van der Waals surface area contributed by atoms with Crippen LogP contribution in [0.3, 0.4) is 0 Å². The van der Waals surface area contributed by atoms with Gasteiger partial charge in [0, 0.05) is 6.42 Å². The molecule has 0 bridgehead atoms. The highest BCUT2D eigenvalue weighted by Crippen LogP contribution is 2.22. The Morgan fingerprint density at radius 1 is 0.522 bits per heavy atom. The molecule has 67 heavy (non-hydrogen) atoms. The maximum atomic E-state index is 13.0. The number of amides is 1. The summed E-state index contributed by atoms with van der Waals surface area (Å²) in [6.45, 7) is 3.59. The molecule has 1 fully saturated rings. The molecule has 1 saturated heterocycles. The first-order valence-corrected chi connectivity index (χ1v) is 26.3. The van der Waals surface area contributed by atoms with Crippen molar-refractivity contribution in [3.05, 3.63) is 122 Å². The maximum absolute atomic E-state index is 13.0. The average molecular weight is 934 g/mol. The van der Waals surface area contributed by atoms with Crippen LogP contribution in [0, 0.1) is 0 Å². The standard InChI is InChI=1S/C58H95NO8/c1-3-5-7-9-11-13-14-15-16-17-18-19-20-21-22-23-24-25-26-27-28-29-30-31-32-33-34-35-36-37-38-40-42-44-46-48-54(62)59-51(52(61)47-45-43-41-39-12-10-8-6-4-2)50-66-58-57(65)56(64)55(63)53(49-60)67-58/h5,7,11,13,15-16,18-19,21-22,24-25,27-28,30-31,33-34,45,47,51-53,55-58,60-61,63-65H,3-4,6,8-10,12,14,17,20,23,26,29,32,35-44,46,48-50H2,1-2H3,(H,59,62)/b7-5-,13-11-,16-15-,19-18-,22-21-,25-24-,28-27-,31-30-,34-33-,47-45+. The Kier molecular flexibility index (Phi) is 42.6. The van der Waals surface area contributed by atoms with E-state index in [0.29, 0.717) is 6.42 Å². The number of ether oxygens (including phenoxy) is 2. The van der Waals surface area contributed by atoms with Crippen molar-refractivity contribution in [1.82, 2.24) is 5.32 Å². The number of unbranched alkanes of at least 4 members (excludes halogenated alkanes) is 14. The quantitative estimate of drug-likeness (QED) is 0.0262. The molecule has 0 aliphatic carbocycles. The van der Waals surface area contributed by atoms with Gasteiger partial charge >= 0.3 is 0 Å². The molecule has 0 saturated carbocycles. The molecule has 0 aromatic carbocycles. The van der Waals surface area contributed by atoms with Crippen LogP contribution in [0.25, 0.3) is 0 Å². The smallest absolute Gasteiger partial charge is 0.220 e. The lowest BCUT2D eigenvalue weighted by Crippen LogP contribution is -2.60. The molecule has 0 radical (unpaired) electrons. The summed E-state index contributed by atoms with van der Waals surface area (Å²) in [6.07, 6.45) is 62.7. The van der Waals surface area contributed by atoms with E-state index >= 15 is 0 Å². The van der Waals surface area contributed by atoms with Crippen molar-refractivity contribution in [3.63, 3.8) is 0 Å². The molecule has 0 aromatic rings. The fourth-order valence-corrected chi connectivity index (χ4v) is 7.38. The molecule has 1 aliphatic heterocycles. The van der Waals surface area contributed by atoms with Gasteiger partial charge in [-0.25, -0.2) is 0 Å². The van der Waals surface area contributed by atoms with Crippen LogP contribution in [-0.4, -0.2) is 87.5 Å². The van der Waals surface area contributed by atoms with Crippen LogP contribution in [0.5, 0.6) is 0 Å². The summed E-state index contributed by atoms with van der Waals surface area (Å²) in [5, 5.41) is 54.1. The predicted molar refractivity (Wildman–Crippen MR) is 280 cm³/mol. The first-order valence-electron chi connectivity index (χ1n) is 26.3. The number of hydrogen-bond donors (Lipinski definition) is 6. The minimum atomic E-state index is -1.57. The van der Waals surface area contributed by atoms with Crippen LogP contribution in [0.2, 0.25) is 0 Å². The van der Waals surface area contributed by atoms with Gasteiger partial charge in [0.05, 0.1) is 25.4 Å². The van der Waals surface area contributed by atoms with Crippen LogP contribution in [0.1, 0.15) is 181 Å². The molecule has 7 atom stereocenters. The summed E-state index contributed by atoms with van der Waals surface area (Å²) in [5.41, 5.74) is 0. The topological polar surface area (TPSA) is 149 Å². The Balaban J connectivity index is 2.18. The first-order chi connectivity index (χ1) is 32.8. The second-order valence-electron chi connectivity index (χ2n) is 17.6. The molecule has 380 valence electrons. The molecule has 1 heterocycles. The van der Waals surface area contributed by atoms with Crippen LogP contribution in [0.15, 0.2) is 122 Å². The van der Waals surface area contributed by atoms with Crippen molar-refractivity contribution < 1.29 is 39.8 Å². The molecule has 9 heteroatoms. The van der Waals surface area contributed by atoms with Crippen molar-refractivity contribution in [2.24, 2.45) is 0 Å². The Hall–Kier alpha value is -3.41. The van der Waals surface area contributed by atoms with Crippen molar-refractivity contribution in [3.8, 4) is 0 Å². The lowest BCUT2D eigenvalue weighted by atomic mass is 9.99. The Bertz CT molecular complexity index is 1460. The van der Waals surface area contributed by atoms with E-state index in [4.69, 9.17) is 9.47 Å². The first kappa shape index (κ1) is 61.6. The molecule has 6 N–H and O–H groups in total. The number of rotatable bonds is 42. The van der Waals surface area contributed by atoms with Gasteiger partial charge in [-0.05, 0) is 89.9 Å². The molecule has 9 nitrogen and oxygen atoms in total. The molecule has 1 rings (SSSR count). The van der Waals surface area contributed by atoms with Gasteiger partial charge in [-0.1, -0.05) is 206 Å². The Morgan fingerprint density at radius 3 is 1.37 bits per heavy atom. The van der Waals surface area contributed by atoms with Gasteiger partial charge in [-0.2, -0.15) is 0 Å². The summed E-state index contributed by atoms with van der Waals surface area (Å²) in [4.78, 5) is 13.0. The fraction of sp³-hybridized carbons (Fsp3) is 0.638. The van der Waals surface area contributed by atoms with Crippen LogP contribution in [0.4, 0.5) is 0 Å². The highest BCUT2D eigenvalue weighted by atomic mass is 16.7. The van der Waals surface area contributed by atoms with Gasteiger partial charge in [-0.15, -0.1) is 0 Å². The Morgan fingerprint density at radius 2 is 0.925 bits per heavy atom. The van der Waals surface area contributed by atoms with E-state index in [1.54, 1.807) is 6.08 Å². The molecule has 1 amide bonds. The molecular formula is C58H95NO8. The Labute approximate surface area is 408 Å². The number of hydrogen-bond acceptors (Lipinski definition) is 8. The van der Waals surface area contributed by atoms with E-state index in [-0.39, 0.29) is 12.5 Å². The molecule has 0 spiro atoms. The van der Waals surface area contributed by atoms with Gasteiger partial charge in [0.25, 0.3) is 0 Å². The largest absolute Gasteiger partial charge is 0.394 e. The predicted octanol–water partition coefficient (Wildman–Crippen LogP) is 12.4. The molecule has 7 unspecified atom stereocenters. The number of aliphatic hydroxyl groups excluding tert-OH is 5. The third-order valence-electron chi connectivity index (χ3n) is 11.5. The average Bonchev–Trinajstić information content (AvgIpc) is 3.33. The second kappa shape index (κ2) is 46.3. The van der Waals surface area contributed by atoms with Gasteiger partial charge in [0.2, 0.25) is 5.91 Å². The van der Waals surface area contributed by atoms with E-state index in [1.807, 2.05) is 6.08 Å². The van der Waals surface area contributed by atoms with Crippen molar-refractivity contribution in [2.45, 2.75) is 224 Å². The van der Waals surface area contributed by atoms with Gasteiger partial charge in [-0.3, -0.25) is 4.79 Å². The number of allylic oxidation sites excluding steroid dienone is 19. The minimum Gasteiger partial charge on any atom is -0.394 e. The highest BCUT2D eigenvalue weighted by molar-refractivity contribution is 5.76. The zero-order valence-corrected chi connectivity index (χ0v) is 41.8. The molecule has 0 aromatic heterocycles. The molecular weight excluding hydrogens is 839 g/mol. The van der Waals surface area contributed by atoms with E-state index in [9.17, 15) is 30.3 Å². The van der Waals surface area contributed by atoms with Gasteiger partial charge in [0.15, 0.2) is 6.29 Å². The minimum absolute atomic E-state index is 0.197. The van der Waals surface area contributed by atoms with E-state index in [0.717, 1.165) is 109 Å². The maximum Gasteiger partial charge on any atom is 0.220 e. The summed E-state index contributed by atoms with van der Waals surface area (Å²) in [5.74, 6) is -0.197. The van der Waals surface area contributed by atoms with E-state index in [2.05, 4.69) is 129 Å². The van der Waals surface area contributed by atoms with Crippen LogP contribution >= 0.6 is 0 Å². The van der Waals surface area contributed by atoms with Gasteiger partial charge in [0.1, 0.15) is 24.4 Å². The number of carbonyl (C=O) groups is 1. The van der Waals surface area contributed by atoms with Gasteiger partial charge < -0.3 is 40.3 Å². The second-order valence-corrected chi connectivity index (χ2v) is 17.6. The zero-order valence-electron chi connectivity index (χ0n) is 41.8. The third kappa shape index (κ3) is 36.3. The number of nitrogens with one attached hydrogen (secondary N) is 1. The lowest BCUT2D eigenvalue weighted by molar-refractivity contribution is -0.302. The summed E-state index contributed by atoms with van der Waals surface area (Å²) in [6, 6.07) is -0.817. The summed E-state index contributed by atoms with van der Waals surface area (Å²) in [7, 11) is 0. The monoisotopic (exact) mass is 934 g/mol. The SMILES string of the molecule is CC/C=C\C/C=C\C/C=C\C/C=C\C/C=C\C/C=C\C/C=C\C/C=C\C/C=C\CCCCCCCCCC(=O)NC(COC1OC(CO)C(O)C(O)C1O)C(O)/C=C/CCCCCCCCC. The molecule has 1 aliphatic rings. The van der Waals surface area contributed by atoms with Crippen LogP contribution < -0.4 is 5.32 Å². The lowest BCUT2D eigenvalue weighted by Gasteiger charge is -2.40. The fourth-order valence-electron chi connectivity index (χ4n) is 7.38. The van der Waals surface area contributed by atoms with Crippen molar-refractivity contribution >= 4 is 5.91 Å². The number of carbonyl (C=O) groups excluding carboxylic acids is 1.